The summed E-state index contributed by atoms with van der Waals surface area (Å²) in [5, 5.41) is 1.93. The number of hydrogen-bond acceptors (Lipinski definition) is 5. The zero-order chi connectivity index (χ0) is 11.5. The molecule has 2 N–H and O–H groups in total. The molecule has 1 aromatic heterocycles. The van der Waals surface area contributed by atoms with Gasteiger partial charge in [0.2, 0.25) is 0 Å². The van der Waals surface area contributed by atoms with Gasteiger partial charge < -0.3 is 5.73 Å². The zero-order valence-corrected chi connectivity index (χ0v) is 10.3. The fourth-order valence-corrected chi connectivity index (χ4v) is 2.93. The molecule has 0 fully saturated rings. The van der Waals surface area contributed by atoms with Gasteiger partial charge in [-0.2, -0.15) is 0 Å². The van der Waals surface area contributed by atoms with Crippen LogP contribution in [0.5, 0.6) is 0 Å². The van der Waals surface area contributed by atoms with Gasteiger partial charge in [-0.05, 0) is 25.1 Å². The topological polar surface area (TPSA) is 56.0 Å². The van der Waals surface area contributed by atoms with Crippen molar-refractivity contribution in [3.8, 4) is 0 Å². The Hall–Kier alpha value is -1.33. The standard InChI is InChI=1S/C11H10N2OS2/c1-7(14)9-3-2-8(6-10(9)12)16-11-13-4-5-15-11/h2-6H,12H2,1H3. The summed E-state index contributed by atoms with van der Waals surface area (Å²) >= 11 is 3.12. The third-order valence-corrected chi connectivity index (χ3v) is 3.89. The molecule has 0 aliphatic rings. The average Bonchev–Trinajstić information content (AvgIpc) is 2.70. The second-order valence-electron chi connectivity index (χ2n) is 3.21. The van der Waals surface area contributed by atoms with E-state index in [2.05, 4.69) is 4.98 Å². The molecular formula is C11H10N2OS2. The van der Waals surface area contributed by atoms with Crippen LogP contribution in [0.2, 0.25) is 0 Å². The van der Waals surface area contributed by atoms with Gasteiger partial charge >= 0.3 is 0 Å². The van der Waals surface area contributed by atoms with Crippen LogP contribution in [0, 0.1) is 0 Å². The third-order valence-electron chi connectivity index (χ3n) is 2.02. The number of Topliss-reactive ketones (excluding diaryl/α,β-unsaturated/α-hetero) is 1. The minimum atomic E-state index is -0.0108. The Bertz CT molecular complexity index is 509. The Labute approximate surface area is 102 Å². The van der Waals surface area contributed by atoms with E-state index in [1.165, 1.54) is 6.92 Å². The molecule has 0 unspecified atom stereocenters. The van der Waals surface area contributed by atoms with Crippen molar-refractivity contribution in [2.45, 2.75) is 16.2 Å². The van der Waals surface area contributed by atoms with Crippen LogP contribution in [-0.2, 0) is 0 Å². The molecule has 0 aliphatic heterocycles. The van der Waals surface area contributed by atoms with E-state index >= 15 is 0 Å². The molecule has 0 saturated heterocycles. The molecule has 2 aromatic rings. The number of carbonyl (C=O) groups is 1. The minimum Gasteiger partial charge on any atom is -0.398 e. The highest BCUT2D eigenvalue weighted by Gasteiger charge is 2.06. The SMILES string of the molecule is CC(=O)c1ccc(Sc2nccs2)cc1N. The van der Waals surface area contributed by atoms with Crippen molar-refractivity contribution in [2.24, 2.45) is 0 Å². The van der Waals surface area contributed by atoms with E-state index in [4.69, 9.17) is 5.73 Å². The van der Waals surface area contributed by atoms with E-state index in [1.54, 1.807) is 35.4 Å². The van der Waals surface area contributed by atoms with Crippen LogP contribution in [0.1, 0.15) is 17.3 Å². The van der Waals surface area contributed by atoms with Gasteiger partial charge in [-0.3, -0.25) is 4.79 Å². The predicted molar refractivity (Wildman–Crippen MR) is 67.1 cm³/mol. The smallest absolute Gasteiger partial charge is 0.161 e. The number of nitrogens with zero attached hydrogens (tertiary/aromatic N) is 1. The number of aromatic nitrogens is 1. The maximum atomic E-state index is 11.2. The average molecular weight is 250 g/mol. The summed E-state index contributed by atoms with van der Waals surface area (Å²) in [6, 6.07) is 5.45. The van der Waals surface area contributed by atoms with Gasteiger partial charge in [0.25, 0.3) is 0 Å². The predicted octanol–water partition coefficient (Wildman–Crippen LogP) is 3.08. The minimum absolute atomic E-state index is 0.0108. The molecule has 0 spiro atoms. The molecular weight excluding hydrogens is 240 g/mol. The van der Waals surface area contributed by atoms with Gasteiger partial charge in [0.05, 0.1) is 0 Å². The van der Waals surface area contributed by atoms with Crippen LogP contribution in [-0.4, -0.2) is 10.8 Å². The van der Waals surface area contributed by atoms with E-state index in [9.17, 15) is 4.79 Å². The third kappa shape index (κ3) is 2.43. The Morgan fingerprint density at radius 1 is 1.50 bits per heavy atom. The number of nitrogen functional groups attached to an aromatic ring is 1. The van der Waals surface area contributed by atoms with Crippen molar-refractivity contribution in [2.75, 3.05) is 5.73 Å². The van der Waals surface area contributed by atoms with Crippen molar-refractivity contribution < 1.29 is 4.79 Å². The highest BCUT2D eigenvalue weighted by atomic mass is 32.2. The highest BCUT2D eigenvalue weighted by molar-refractivity contribution is 8.01. The Morgan fingerprint density at radius 2 is 2.31 bits per heavy atom. The molecule has 0 bridgehead atoms. The van der Waals surface area contributed by atoms with E-state index in [-0.39, 0.29) is 5.78 Å². The van der Waals surface area contributed by atoms with Crippen LogP contribution in [0.25, 0.3) is 0 Å². The summed E-state index contributed by atoms with van der Waals surface area (Å²) in [5.41, 5.74) is 6.90. The lowest BCUT2D eigenvalue weighted by Crippen LogP contribution is -1.99. The van der Waals surface area contributed by atoms with Crippen LogP contribution >= 0.6 is 23.1 Å². The summed E-state index contributed by atoms with van der Waals surface area (Å²) in [7, 11) is 0. The molecule has 1 aromatic carbocycles. The monoisotopic (exact) mass is 250 g/mol. The molecule has 1 heterocycles. The summed E-state index contributed by atoms with van der Waals surface area (Å²) in [6.07, 6.45) is 1.76. The van der Waals surface area contributed by atoms with Crippen molar-refractivity contribution in [3.05, 3.63) is 35.3 Å². The second-order valence-corrected chi connectivity index (χ2v) is 5.42. The lowest BCUT2D eigenvalue weighted by molar-refractivity contribution is 0.101. The largest absolute Gasteiger partial charge is 0.398 e. The molecule has 5 heteroatoms. The van der Waals surface area contributed by atoms with Gasteiger partial charge in [0.1, 0.15) is 0 Å². The van der Waals surface area contributed by atoms with E-state index in [1.807, 2.05) is 17.5 Å². The van der Waals surface area contributed by atoms with Crippen LogP contribution in [0.4, 0.5) is 5.69 Å². The van der Waals surface area contributed by atoms with E-state index in [0.29, 0.717) is 11.3 Å². The molecule has 0 atom stereocenters. The Balaban J connectivity index is 2.24. The lowest BCUT2D eigenvalue weighted by atomic mass is 10.1. The molecule has 2 rings (SSSR count). The highest BCUT2D eigenvalue weighted by Crippen LogP contribution is 2.31. The second kappa shape index (κ2) is 4.67. The molecule has 3 nitrogen and oxygen atoms in total. The first-order chi connectivity index (χ1) is 7.66. The maximum absolute atomic E-state index is 11.2. The summed E-state index contributed by atoms with van der Waals surface area (Å²) in [4.78, 5) is 16.4. The van der Waals surface area contributed by atoms with Gasteiger partial charge in [0, 0.05) is 27.7 Å². The number of benzene rings is 1. The summed E-state index contributed by atoms with van der Waals surface area (Å²) < 4.78 is 0.968. The van der Waals surface area contributed by atoms with Crippen LogP contribution < -0.4 is 5.73 Å². The normalized spacial score (nSPS) is 10.3. The fourth-order valence-electron chi connectivity index (χ4n) is 1.29. The fraction of sp³-hybridized carbons (Fsp3) is 0.0909. The first-order valence-electron chi connectivity index (χ1n) is 4.64. The van der Waals surface area contributed by atoms with Crippen LogP contribution in [0.15, 0.2) is 39.0 Å². The van der Waals surface area contributed by atoms with E-state index < -0.39 is 0 Å². The van der Waals surface area contributed by atoms with Crippen molar-refractivity contribution in [1.82, 2.24) is 4.98 Å². The van der Waals surface area contributed by atoms with Crippen molar-refractivity contribution in [1.29, 1.82) is 0 Å². The molecule has 16 heavy (non-hydrogen) atoms. The van der Waals surface area contributed by atoms with Crippen LogP contribution in [0.3, 0.4) is 0 Å². The van der Waals surface area contributed by atoms with Gasteiger partial charge in [0.15, 0.2) is 10.1 Å². The summed E-state index contributed by atoms with van der Waals surface area (Å²) in [6.45, 7) is 1.51. The molecule has 82 valence electrons. The number of carbonyl (C=O) groups excluding carboxylic acids is 1. The van der Waals surface area contributed by atoms with E-state index in [0.717, 1.165) is 9.24 Å². The number of anilines is 1. The molecule has 0 aliphatic carbocycles. The first-order valence-corrected chi connectivity index (χ1v) is 6.34. The van der Waals surface area contributed by atoms with Gasteiger partial charge in [-0.25, -0.2) is 4.98 Å². The number of rotatable bonds is 3. The van der Waals surface area contributed by atoms with Crippen molar-refractivity contribution in [3.63, 3.8) is 0 Å². The van der Waals surface area contributed by atoms with Gasteiger partial charge in [-0.1, -0.05) is 11.8 Å². The Kier molecular flexibility index (Phi) is 3.26. The quantitative estimate of drug-likeness (QED) is 0.672. The maximum Gasteiger partial charge on any atom is 0.161 e. The van der Waals surface area contributed by atoms with Crippen molar-refractivity contribution >= 4 is 34.6 Å². The molecule has 0 amide bonds. The first kappa shape index (κ1) is 11.2. The number of nitrogens with two attached hydrogens (primary N) is 1. The molecule has 0 radical (unpaired) electrons. The zero-order valence-electron chi connectivity index (χ0n) is 8.64. The number of thiazole rings is 1. The Morgan fingerprint density at radius 3 is 2.88 bits per heavy atom. The number of ketones is 1. The lowest BCUT2D eigenvalue weighted by Gasteiger charge is -2.04. The molecule has 0 saturated carbocycles. The summed E-state index contributed by atoms with van der Waals surface area (Å²) in [5.74, 6) is -0.0108. The van der Waals surface area contributed by atoms with Gasteiger partial charge in [-0.15, -0.1) is 11.3 Å². The number of hydrogen-bond donors (Lipinski definition) is 1.